The molecule has 43 heavy (non-hydrogen) atoms. The van der Waals surface area contributed by atoms with E-state index in [0.717, 1.165) is 73.1 Å². The molecule has 9 heteroatoms. The van der Waals surface area contributed by atoms with Gasteiger partial charge in [-0.1, -0.05) is 24.3 Å². The van der Waals surface area contributed by atoms with Crippen molar-refractivity contribution in [1.29, 1.82) is 0 Å². The number of piperidine rings is 1. The quantitative estimate of drug-likeness (QED) is 0.319. The van der Waals surface area contributed by atoms with Crippen molar-refractivity contribution < 1.29 is 28.4 Å². The van der Waals surface area contributed by atoms with Crippen LogP contribution in [0, 0.1) is 5.82 Å². The predicted molar refractivity (Wildman–Crippen MR) is 165 cm³/mol. The number of β-amino-alcohol motifs (C(OH)–C–C–N with tert-alkyl or cyclic N) is 1. The molecule has 3 unspecified atom stereocenters. The standard InChI is InChI=1S/C34H42FN3O5/c1-40-16-3-13-37-15-17-41-32-11-6-24(18-30(32)37)23-42-33-21-36-20-31(39)34(33)25-7-9-28(10-8-25)43-29-12-14-38(22-29)27-5-2-4-26(35)19-27/h2,4-11,18-19,29,31,33-34,36,39H,3,12-17,20-23H2,1H3/t29-,31?,33?,34?/m1/s1. The Hall–Kier alpha value is -3.37. The van der Waals surface area contributed by atoms with Crippen LogP contribution in [0.4, 0.5) is 15.8 Å². The first-order valence-corrected chi connectivity index (χ1v) is 15.3. The maximum Gasteiger partial charge on any atom is 0.142 e. The molecule has 0 spiro atoms. The molecule has 0 aromatic heterocycles. The normalized spacial score (nSPS) is 23.6. The van der Waals surface area contributed by atoms with Crippen molar-refractivity contribution in [3.8, 4) is 11.5 Å². The molecule has 0 aliphatic carbocycles. The van der Waals surface area contributed by atoms with E-state index in [4.69, 9.17) is 18.9 Å². The number of anilines is 2. The monoisotopic (exact) mass is 591 g/mol. The number of aliphatic hydroxyl groups is 1. The Morgan fingerprint density at radius 2 is 1.93 bits per heavy atom. The first-order chi connectivity index (χ1) is 21.1. The Kier molecular flexibility index (Phi) is 9.63. The molecule has 0 amide bonds. The molecule has 3 aromatic rings. The van der Waals surface area contributed by atoms with Gasteiger partial charge in [0.1, 0.15) is 30.0 Å². The van der Waals surface area contributed by atoms with Crippen LogP contribution < -0.4 is 24.6 Å². The van der Waals surface area contributed by atoms with E-state index in [0.29, 0.717) is 32.8 Å². The summed E-state index contributed by atoms with van der Waals surface area (Å²) < 4.78 is 37.6. The van der Waals surface area contributed by atoms with Crippen LogP contribution in [0.5, 0.6) is 11.5 Å². The highest BCUT2D eigenvalue weighted by atomic mass is 19.1. The summed E-state index contributed by atoms with van der Waals surface area (Å²) in [5.74, 6) is 1.32. The van der Waals surface area contributed by atoms with Gasteiger partial charge in [0.2, 0.25) is 0 Å². The number of hydrogen-bond donors (Lipinski definition) is 2. The molecule has 6 rings (SSSR count). The number of nitrogens with one attached hydrogen (secondary N) is 1. The maximum atomic E-state index is 13.7. The average Bonchev–Trinajstić information content (AvgIpc) is 3.49. The highest BCUT2D eigenvalue weighted by molar-refractivity contribution is 5.61. The number of nitrogens with zero attached hydrogens (tertiary/aromatic N) is 2. The predicted octanol–water partition coefficient (Wildman–Crippen LogP) is 4.35. The van der Waals surface area contributed by atoms with E-state index < -0.39 is 6.10 Å². The van der Waals surface area contributed by atoms with Gasteiger partial charge in [-0.3, -0.25) is 0 Å². The van der Waals surface area contributed by atoms with Crippen LogP contribution >= 0.6 is 0 Å². The molecule has 2 saturated heterocycles. The Morgan fingerprint density at radius 3 is 2.77 bits per heavy atom. The summed E-state index contributed by atoms with van der Waals surface area (Å²) in [7, 11) is 1.73. The summed E-state index contributed by atoms with van der Waals surface area (Å²) in [6.07, 6.45) is 1.12. The summed E-state index contributed by atoms with van der Waals surface area (Å²) in [5, 5.41) is 14.3. The Labute approximate surface area is 253 Å². The van der Waals surface area contributed by atoms with E-state index in [1.54, 1.807) is 19.2 Å². The van der Waals surface area contributed by atoms with Crippen LogP contribution in [0.25, 0.3) is 0 Å². The number of methoxy groups -OCH3 is 1. The summed E-state index contributed by atoms with van der Waals surface area (Å²) in [5.41, 5.74) is 4.09. The lowest BCUT2D eigenvalue weighted by Crippen LogP contribution is -2.49. The fraction of sp³-hybridized carbons (Fsp3) is 0.471. The fourth-order valence-corrected chi connectivity index (χ4v) is 6.41. The minimum Gasteiger partial charge on any atom is -0.490 e. The third kappa shape index (κ3) is 7.24. The minimum absolute atomic E-state index is 0.0348. The van der Waals surface area contributed by atoms with Crippen LogP contribution in [-0.2, 0) is 16.1 Å². The number of benzene rings is 3. The van der Waals surface area contributed by atoms with Gasteiger partial charge in [0.05, 0.1) is 37.6 Å². The molecule has 3 heterocycles. The molecule has 4 atom stereocenters. The lowest BCUT2D eigenvalue weighted by Gasteiger charge is -2.36. The van der Waals surface area contributed by atoms with Crippen molar-refractivity contribution in [3.63, 3.8) is 0 Å². The van der Waals surface area contributed by atoms with Crippen LogP contribution in [0.15, 0.2) is 66.7 Å². The molecule has 0 bridgehead atoms. The van der Waals surface area contributed by atoms with Crippen LogP contribution in [0.3, 0.4) is 0 Å². The Morgan fingerprint density at radius 1 is 1.05 bits per heavy atom. The second-order valence-corrected chi connectivity index (χ2v) is 11.6. The van der Waals surface area contributed by atoms with Gasteiger partial charge >= 0.3 is 0 Å². The number of halogens is 1. The lowest BCUT2D eigenvalue weighted by atomic mass is 9.85. The number of fused-ring (bicyclic) bond motifs is 1. The molecule has 3 aliphatic rings. The van der Waals surface area contributed by atoms with Gasteiger partial charge in [0, 0.05) is 57.9 Å². The lowest BCUT2D eigenvalue weighted by molar-refractivity contribution is -0.0328. The van der Waals surface area contributed by atoms with Crippen molar-refractivity contribution in [1.82, 2.24) is 5.32 Å². The maximum absolute atomic E-state index is 13.7. The number of rotatable bonds is 11. The molecule has 0 saturated carbocycles. The smallest absolute Gasteiger partial charge is 0.142 e. The summed E-state index contributed by atoms with van der Waals surface area (Å²) >= 11 is 0. The van der Waals surface area contributed by atoms with E-state index in [1.807, 2.05) is 36.4 Å². The van der Waals surface area contributed by atoms with Crippen molar-refractivity contribution in [2.24, 2.45) is 0 Å². The van der Waals surface area contributed by atoms with E-state index in [2.05, 4.69) is 27.2 Å². The third-order valence-corrected chi connectivity index (χ3v) is 8.62. The van der Waals surface area contributed by atoms with Gasteiger partial charge in [-0.05, 0) is 60.0 Å². The summed E-state index contributed by atoms with van der Waals surface area (Å²) in [6.45, 7) is 6.36. The number of ether oxygens (including phenoxy) is 4. The van der Waals surface area contributed by atoms with E-state index in [9.17, 15) is 9.50 Å². The summed E-state index contributed by atoms with van der Waals surface area (Å²) in [6, 6.07) is 21.0. The van der Waals surface area contributed by atoms with Crippen molar-refractivity contribution >= 4 is 11.4 Å². The van der Waals surface area contributed by atoms with Crippen LogP contribution in [0.1, 0.15) is 29.9 Å². The zero-order valence-corrected chi connectivity index (χ0v) is 24.8. The second-order valence-electron chi connectivity index (χ2n) is 11.6. The second kappa shape index (κ2) is 13.9. The zero-order chi connectivity index (χ0) is 29.6. The van der Waals surface area contributed by atoms with E-state index in [-0.39, 0.29) is 23.9 Å². The molecule has 3 aromatic carbocycles. The highest BCUT2D eigenvalue weighted by Gasteiger charge is 2.34. The highest BCUT2D eigenvalue weighted by Crippen LogP contribution is 2.34. The van der Waals surface area contributed by atoms with Crippen molar-refractivity contribution in [2.75, 3.05) is 69.4 Å². The van der Waals surface area contributed by atoms with Crippen LogP contribution in [0.2, 0.25) is 0 Å². The zero-order valence-electron chi connectivity index (χ0n) is 24.8. The molecular formula is C34H42FN3O5. The van der Waals surface area contributed by atoms with Gasteiger partial charge in [0.25, 0.3) is 0 Å². The molecule has 2 fully saturated rings. The molecule has 2 N–H and O–H groups in total. The van der Waals surface area contributed by atoms with E-state index in [1.165, 1.54) is 6.07 Å². The summed E-state index contributed by atoms with van der Waals surface area (Å²) in [4.78, 5) is 4.51. The number of hydrogen-bond acceptors (Lipinski definition) is 8. The van der Waals surface area contributed by atoms with Gasteiger partial charge in [0.15, 0.2) is 0 Å². The molecule has 0 radical (unpaired) electrons. The number of aliphatic hydroxyl groups excluding tert-OH is 1. The van der Waals surface area contributed by atoms with Gasteiger partial charge < -0.3 is 39.2 Å². The Bertz CT molecular complexity index is 1340. The molecule has 3 aliphatic heterocycles. The van der Waals surface area contributed by atoms with Crippen molar-refractivity contribution in [3.05, 3.63) is 83.7 Å². The largest absolute Gasteiger partial charge is 0.490 e. The SMILES string of the molecule is COCCCN1CCOc2ccc(COC3CNCC(O)C3c3ccc(O[C@@H]4CCN(c5cccc(F)c5)C4)cc3)cc21. The fourth-order valence-electron chi connectivity index (χ4n) is 6.41. The minimum atomic E-state index is -0.562. The first kappa shape index (κ1) is 29.7. The molecular weight excluding hydrogens is 549 g/mol. The van der Waals surface area contributed by atoms with Crippen molar-refractivity contribution in [2.45, 2.75) is 43.7 Å². The van der Waals surface area contributed by atoms with Gasteiger partial charge in [-0.25, -0.2) is 4.39 Å². The molecule has 230 valence electrons. The third-order valence-electron chi connectivity index (χ3n) is 8.62. The Balaban J connectivity index is 1.07. The van der Waals surface area contributed by atoms with Crippen LogP contribution in [-0.4, -0.2) is 83.0 Å². The average molecular weight is 592 g/mol. The first-order valence-electron chi connectivity index (χ1n) is 15.3. The topological polar surface area (TPSA) is 75.7 Å². The van der Waals surface area contributed by atoms with Gasteiger partial charge in [-0.15, -0.1) is 0 Å². The molecule has 8 nitrogen and oxygen atoms in total. The van der Waals surface area contributed by atoms with E-state index >= 15 is 0 Å². The van der Waals surface area contributed by atoms with Gasteiger partial charge in [-0.2, -0.15) is 0 Å².